The van der Waals surface area contributed by atoms with Crippen LogP contribution in [-0.4, -0.2) is 82.5 Å². The van der Waals surface area contributed by atoms with Crippen molar-refractivity contribution in [3.05, 3.63) is 89.0 Å². The van der Waals surface area contributed by atoms with Crippen molar-refractivity contribution >= 4 is 17.7 Å². The van der Waals surface area contributed by atoms with Crippen LogP contribution in [0.15, 0.2) is 78.4 Å². The van der Waals surface area contributed by atoms with Crippen molar-refractivity contribution in [2.24, 2.45) is 5.92 Å². The number of benzene rings is 1. The van der Waals surface area contributed by atoms with Gasteiger partial charge >= 0.3 is 0 Å². The average Bonchev–Trinajstić information content (AvgIpc) is 3.40. The number of ether oxygens (including phenoxy) is 5. The molecule has 1 aromatic carbocycles. The van der Waals surface area contributed by atoms with Crippen molar-refractivity contribution in [2.75, 3.05) is 0 Å². The van der Waals surface area contributed by atoms with Gasteiger partial charge in [-0.25, -0.2) is 0 Å². The number of rotatable bonds is 10. The quantitative estimate of drug-likeness (QED) is 0.231. The lowest BCUT2D eigenvalue weighted by molar-refractivity contribution is -0.268. The predicted octanol–water partition coefficient (Wildman–Crippen LogP) is 9.25. The number of allylic oxidation sites excluding steroid dienone is 8. The minimum absolute atomic E-state index is 0.0977. The van der Waals surface area contributed by atoms with E-state index in [1.54, 1.807) is 6.08 Å². The molecule has 2 N–H and O–H groups in total. The first-order valence-electron chi connectivity index (χ1n) is 20.1. The van der Waals surface area contributed by atoms with Crippen LogP contribution in [0.1, 0.15) is 111 Å². The molecular weight excluding hydrogens is 688 g/mol. The molecule has 53 heavy (non-hydrogen) atoms. The van der Waals surface area contributed by atoms with Gasteiger partial charge in [-0.05, 0) is 115 Å². The second kappa shape index (κ2) is 17.8. The van der Waals surface area contributed by atoms with Crippen LogP contribution >= 0.6 is 11.6 Å². The van der Waals surface area contributed by atoms with Crippen molar-refractivity contribution in [3.63, 3.8) is 0 Å². The summed E-state index contributed by atoms with van der Waals surface area (Å²) in [6.45, 7) is 14.4. The minimum atomic E-state index is -0.921. The maximum atomic E-state index is 11.7. The Morgan fingerprint density at radius 2 is 1.60 bits per heavy atom. The first kappa shape index (κ1) is 40.6. The maximum Gasteiger partial charge on any atom is 0.111 e. The Kier molecular flexibility index (Phi) is 13.6. The molecule has 0 bridgehead atoms. The summed E-state index contributed by atoms with van der Waals surface area (Å²) in [5.74, 6) is 0.332. The molecule has 0 radical (unpaired) electrons. The van der Waals surface area contributed by atoms with E-state index in [1.807, 2.05) is 37.3 Å². The molecule has 5 fully saturated rings. The fourth-order valence-corrected chi connectivity index (χ4v) is 9.21. The molecule has 5 saturated heterocycles. The van der Waals surface area contributed by atoms with Crippen molar-refractivity contribution in [1.82, 2.24) is 0 Å². The first-order valence-corrected chi connectivity index (χ1v) is 20.5. The fourth-order valence-electron chi connectivity index (χ4n) is 9.08. The van der Waals surface area contributed by atoms with E-state index in [2.05, 4.69) is 64.7 Å². The summed E-state index contributed by atoms with van der Waals surface area (Å²) in [4.78, 5) is 0. The van der Waals surface area contributed by atoms with Crippen molar-refractivity contribution < 1.29 is 33.9 Å². The van der Waals surface area contributed by atoms with Gasteiger partial charge in [-0.1, -0.05) is 85.3 Å². The molecule has 13 atom stereocenters. The SMILES string of the molecule is C=C/C=C\CCC1OC2CCC3(C)OC4C(O)CC5OC(CC/C=C(C)/C(C)=C/C=C\c6ccc(Cl)cc6)C(C)CC5OC4CC3OC2CCC1(C)O. The molecule has 5 aliphatic heterocycles. The second-order valence-electron chi connectivity index (χ2n) is 16.8. The molecule has 0 saturated carbocycles. The molecule has 13 unspecified atom stereocenters. The normalized spacial score (nSPS) is 41.1. The van der Waals surface area contributed by atoms with Crippen LogP contribution in [-0.2, 0) is 23.7 Å². The summed E-state index contributed by atoms with van der Waals surface area (Å²) in [6, 6.07) is 7.83. The second-order valence-corrected chi connectivity index (χ2v) is 17.2. The summed E-state index contributed by atoms with van der Waals surface area (Å²) in [6.07, 6.45) is 20.4. The average molecular weight is 751 g/mol. The lowest BCUT2D eigenvalue weighted by atomic mass is 9.83. The summed E-state index contributed by atoms with van der Waals surface area (Å²) < 4.78 is 34.1. The molecular formula is C45H63ClO7. The zero-order chi connectivity index (χ0) is 37.8. The Labute approximate surface area is 323 Å². The summed E-state index contributed by atoms with van der Waals surface area (Å²) in [7, 11) is 0. The Morgan fingerprint density at radius 1 is 0.868 bits per heavy atom. The van der Waals surface area contributed by atoms with E-state index in [1.165, 1.54) is 11.1 Å². The topological polar surface area (TPSA) is 86.6 Å². The Morgan fingerprint density at radius 3 is 2.38 bits per heavy atom. The molecule has 5 heterocycles. The third kappa shape index (κ3) is 10.0. The lowest BCUT2D eigenvalue weighted by Gasteiger charge is -2.48. The highest BCUT2D eigenvalue weighted by molar-refractivity contribution is 6.30. The zero-order valence-electron chi connectivity index (χ0n) is 32.5. The maximum absolute atomic E-state index is 11.7. The van der Waals surface area contributed by atoms with Crippen molar-refractivity contribution in [2.45, 2.75) is 177 Å². The summed E-state index contributed by atoms with van der Waals surface area (Å²) >= 11 is 6.01. The smallest absolute Gasteiger partial charge is 0.111 e. The third-order valence-electron chi connectivity index (χ3n) is 12.6. The number of hydrogen-bond acceptors (Lipinski definition) is 7. The molecule has 8 heteroatoms. The first-order chi connectivity index (χ1) is 25.3. The number of aliphatic hydroxyl groups excluding tert-OH is 1. The monoisotopic (exact) mass is 750 g/mol. The molecule has 0 aliphatic carbocycles. The zero-order valence-corrected chi connectivity index (χ0v) is 33.3. The Hall–Kier alpha value is -2.07. The van der Waals surface area contributed by atoms with Gasteiger partial charge in [-0.3, -0.25) is 0 Å². The van der Waals surface area contributed by atoms with Crippen LogP contribution in [0.4, 0.5) is 0 Å². The molecule has 6 rings (SSSR count). The molecule has 0 amide bonds. The standard InChI is InChI=1S/C45H63ClO7/c1-7-8-9-10-17-41-44(5,48)24-22-36-37(51-41)23-25-45(6)42(52-36)28-40-43(53-45)34(47)27-39-38(50-40)26-31(4)35(49-39)16-12-14-30(3)29(2)13-11-15-32-18-20-33(46)21-19-32/h7-9,11,13-15,18-21,31,34-43,47-48H,1,10,12,16-17,22-28H2,2-6H3/b9-8-,15-11-,29-13+,30-14+. The van der Waals surface area contributed by atoms with Crippen LogP contribution in [0.5, 0.6) is 0 Å². The number of halogens is 1. The van der Waals surface area contributed by atoms with Gasteiger partial charge in [-0.15, -0.1) is 0 Å². The summed E-state index contributed by atoms with van der Waals surface area (Å²) in [5, 5.41) is 23.8. The lowest BCUT2D eigenvalue weighted by Crippen LogP contribution is -2.59. The summed E-state index contributed by atoms with van der Waals surface area (Å²) in [5.41, 5.74) is 2.12. The molecule has 1 aromatic rings. The molecule has 5 aliphatic rings. The van der Waals surface area contributed by atoms with Crippen molar-refractivity contribution in [3.8, 4) is 0 Å². The van der Waals surface area contributed by atoms with E-state index >= 15 is 0 Å². The molecule has 7 nitrogen and oxygen atoms in total. The number of aliphatic hydroxyl groups is 2. The van der Waals surface area contributed by atoms with Gasteiger partial charge in [0.1, 0.15) is 6.10 Å². The van der Waals surface area contributed by atoms with Gasteiger partial charge in [-0.2, -0.15) is 0 Å². The van der Waals surface area contributed by atoms with Gasteiger partial charge in [0.2, 0.25) is 0 Å². The van der Waals surface area contributed by atoms with Crippen LogP contribution in [0, 0.1) is 5.92 Å². The minimum Gasteiger partial charge on any atom is -0.390 e. The Balaban J connectivity index is 1.05. The van der Waals surface area contributed by atoms with Gasteiger partial charge in [0.25, 0.3) is 0 Å². The fraction of sp³-hybridized carbons (Fsp3) is 0.644. The van der Waals surface area contributed by atoms with Gasteiger partial charge in [0.15, 0.2) is 0 Å². The van der Waals surface area contributed by atoms with E-state index in [4.69, 9.17) is 35.3 Å². The Bertz CT molecular complexity index is 1500. The number of hydrogen-bond donors (Lipinski definition) is 2. The highest BCUT2D eigenvalue weighted by Gasteiger charge is 2.56. The molecule has 0 spiro atoms. The van der Waals surface area contributed by atoms with E-state index < -0.39 is 23.4 Å². The van der Waals surface area contributed by atoms with Gasteiger partial charge < -0.3 is 33.9 Å². The van der Waals surface area contributed by atoms with Crippen LogP contribution in [0.2, 0.25) is 5.02 Å². The highest BCUT2D eigenvalue weighted by atomic mass is 35.5. The van der Waals surface area contributed by atoms with E-state index in [-0.39, 0.29) is 48.8 Å². The van der Waals surface area contributed by atoms with Crippen molar-refractivity contribution in [1.29, 1.82) is 0 Å². The van der Waals surface area contributed by atoms with Crippen LogP contribution in [0.25, 0.3) is 6.08 Å². The van der Waals surface area contributed by atoms with E-state index in [0.29, 0.717) is 25.2 Å². The van der Waals surface area contributed by atoms with Gasteiger partial charge in [0.05, 0.1) is 66.1 Å². The largest absolute Gasteiger partial charge is 0.390 e. The molecule has 0 aromatic heterocycles. The third-order valence-corrected chi connectivity index (χ3v) is 12.9. The highest BCUT2D eigenvalue weighted by Crippen LogP contribution is 2.47. The van der Waals surface area contributed by atoms with Crippen LogP contribution < -0.4 is 0 Å². The number of fused-ring (bicyclic) bond motifs is 4. The predicted molar refractivity (Wildman–Crippen MR) is 212 cm³/mol. The molecule has 292 valence electrons. The van der Waals surface area contributed by atoms with Gasteiger partial charge in [0, 0.05) is 17.9 Å². The van der Waals surface area contributed by atoms with E-state index in [9.17, 15) is 10.2 Å². The van der Waals surface area contributed by atoms with Crippen LogP contribution in [0.3, 0.4) is 0 Å². The van der Waals surface area contributed by atoms with E-state index in [0.717, 1.165) is 62.0 Å².